The van der Waals surface area contributed by atoms with Crippen LogP contribution in [0.15, 0.2) is 35.1 Å². The molecule has 0 atom stereocenters. The fourth-order valence-corrected chi connectivity index (χ4v) is 1.92. The van der Waals surface area contributed by atoms with Gasteiger partial charge in [-0.15, -0.1) is 0 Å². The molecular formula is C16H16N2O5. The highest BCUT2D eigenvalue weighted by molar-refractivity contribution is 5.96. The first-order valence-corrected chi connectivity index (χ1v) is 6.94. The molecule has 0 radical (unpaired) electrons. The molecule has 0 aliphatic heterocycles. The minimum Gasteiger partial charge on any atom is -0.497 e. The van der Waals surface area contributed by atoms with E-state index >= 15 is 0 Å². The molecule has 7 nitrogen and oxygen atoms in total. The Morgan fingerprint density at radius 1 is 1.22 bits per heavy atom. The fourth-order valence-electron chi connectivity index (χ4n) is 1.92. The van der Waals surface area contributed by atoms with Gasteiger partial charge in [0.25, 0.3) is 5.56 Å². The van der Waals surface area contributed by atoms with Gasteiger partial charge in [-0.3, -0.25) is 9.59 Å². The van der Waals surface area contributed by atoms with Crippen LogP contribution in [0, 0.1) is 0 Å². The van der Waals surface area contributed by atoms with Gasteiger partial charge in [-0.2, -0.15) is 9.78 Å². The molecule has 0 bridgehead atoms. The van der Waals surface area contributed by atoms with Crippen molar-refractivity contribution in [2.75, 3.05) is 13.7 Å². The maximum atomic E-state index is 12.5. The van der Waals surface area contributed by atoms with E-state index in [9.17, 15) is 14.4 Å². The average Bonchev–Trinajstić information content (AvgIpc) is 2.55. The van der Waals surface area contributed by atoms with Crippen LogP contribution < -0.4 is 10.3 Å². The van der Waals surface area contributed by atoms with E-state index in [0.29, 0.717) is 11.4 Å². The van der Waals surface area contributed by atoms with Gasteiger partial charge in [0.1, 0.15) is 17.0 Å². The van der Waals surface area contributed by atoms with Crippen molar-refractivity contribution >= 4 is 11.8 Å². The van der Waals surface area contributed by atoms with Crippen LogP contribution in [-0.4, -0.2) is 35.2 Å². The summed E-state index contributed by atoms with van der Waals surface area (Å²) in [6.45, 7) is 3.06. The van der Waals surface area contributed by atoms with Gasteiger partial charge >= 0.3 is 5.97 Å². The number of Topliss-reactive ketones (excluding diaryl/α,β-unsaturated/α-hetero) is 1. The molecule has 0 N–H and O–H groups in total. The number of carbonyl (C=O) groups is 2. The standard InChI is InChI=1S/C16H16N2O5/c1-4-23-16(21)13-9-14(10(2)19)17-18(15(13)20)11-5-7-12(22-3)8-6-11/h5-9H,4H2,1-3H3. The molecule has 0 aliphatic carbocycles. The summed E-state index contributed by atoms with van der Waals surface area (Å²) >= 11 is 0. The minimum atomic E-state index is -0.787. The zero-order valence-corrected chi connectivity index (χ0v) is 13.0. The first-order valence-electron chi connectivity index (χ1n) is 6.94. The summed E-state index contributed by atoms with van der Waals surface area (Å²) in [6.07, 6.45) is 0. The van der Waals surface area contributed by atoms with Crippen molar-refractivity contribution in [3.05, 3.63) is 51.9 Å². The number of rotatable bonds is 5. The number of carbonyl (C=O) groups excluding carboxylic acids is 2. The Kier molecular flexibility index (Phi) is 4.90. The minimum absolute atomic E-state index is 0.00321. The van der Waals surface area contributed by atoms with E-state index in [2.05, 4.69) is 5.10 Å². The largest absolute Gasteiger partial charge is 0.497 e. The van der Waals surface area contributed by atoms with Gasteiger partial charge in [-0.1, -0.05) is 0 Å². The van der Waals surface area contributed by atoms with Crippen molar-refractivity contribution in [3.63, 3.8) is 0 Å². The zero-order chi connectivity index (χ0) is 17.0. The lowest BCUT2D eigenvalue weighted by Gasteiger charge is -2.09. The molecule has 0 saturated carbocycles. The Morgan fingerprint density at radius 3 is 2.39 bits per heavy atom. The van der Waals surface area contributed by atoms with Gasteiger partial charge in [-0.25, -0.2) is 4.79 Å². The van der Waals surface area contributed by atoms with Crippen LogP contribution >= 0.6 is 0 Å². The van der Waals surface area contributed by atoms with Crippen LogP contribution in [0.1, 0.15) is 34.7 Å². The van der Waals surface area contributed by atoms with Gasteiger partial charge in [0.05, 0.1) is 19.4 Å². The number of aromatic nitrogens is 2. The summed E-state index contributed by atoms with van der Waals surface area (Å²) < 4.78 is 10.9. The Balaban J connectivity index is 2.63. The average molecular weight is 316 g/mol. The number of ketones is 1. The van der Waals surface area contributed by atoms with Crippen LogP contribution in [0.25, 0.3) is 5.69 Å². The van der Waals surface area contributed by atoms with Gasteiger partial charge < -0.3 is 9.47 Å². The smallest absolute Gasteiger partial charge is 0.343 e. The monoisotopic (exact) mass is 316 g/mol. The zero-order valence-electron chi connectivity index (χ0n) is 13.0. The van der Waals surface area contributed by atoms with Crippen LogP contribution in [0.5, 0.6) is 5.75 Å². The molecule has 7 heteroatoms. The second-order valence-electron chi connectivity index (χ2n) is 4.63. The third-order valence-corrected chi connectivity index (χ3v) is 3.08. The Labute approximate surface area is 132 Å². The molecule has 1 aromatic carbocycles. The van der Waals surface area contributed by atoms with Crippen molar-refractivity contribution in [2.45, 2.75) is 13.8 Å². The van der Waals surface area contributed by atoms with Gasteiger partial charge in [0.2, 0.25) is 0 Å². The highest BCUT2D eigenvalue weighted by atomic mass is 16.5. The summed E-state index contributed by atoms with van der Waals surface area (Å²) in [7, 11) is 1.52. The van der Waals surface area contributed by atoms with Crippen molar-refractivity contribution in [1.82, 2.24) is 9.78 Å². The first-order chi connectivity index (χ1) is 11.0. The molecule has 120 valence electrons. The molecule has 1 heterocycles. The van der Waals surface area contributed by atoms with E-state index in [1.54, 1.807) is 31.2 Å². The topological polar surface area (TPSA) is 87.5 Å². The highest BCUT2D eigenvalue weighted by Gasteiger charge is 2.19. The quantitative estimate of drug-likeness (QED) is 0.615. The highest BCUT2D eigenvalue weighted by Crippen LogP contribution is 2.13. The van der Waals surface area contributed by atoms with Crippen molar-refractivity contribution < 1.29 is 19.1 Å². The molecule has 2 rings (SSSR count). The Bertz CT molecular complexity index is 793. The van der Waals surface area contributed by atoms with Crippen LogP contribution in [0.4, 0.5) is 0 Å². The maximum absolute atomic E-state index is 12.5. The Hall–Kier alpha value is -2.96. The lowest BCUT2D eigenvalue weighted by molar-refractivity contribution is 0.0523. The molecule has 0 fully saturated rings. The number of nitrogens with zero attached hydrogens (tertiary/aromatic N) is 2. The second kappa shape index (κ2) is 6.87. The van der Waals surface area contributed by atoms with E-state index in [0.717, 1.165) is 10.7 Å². The van der Waals surface area contributed by atoms with E-state index in [1.807, 2.05) is 0 Å². The molecule has 2 aromatic rings. The normalized spacial score (nSPS) is 10.2. The van der Waals surface area contributed by atoms with Crippen LogP contribution in [-0.2, 0) is 4.74 Å². The fraction of sp³-hybridized carbons (Fsp3) is 0.250. The Morgan fingerprint density at radius 2 is 1.87 bits per heavy atom. The third-order valence-electron chi connectivity index (χ3n) is 3.08. The summed E-state index contributed by atoms with van der Waals surface area (Å²) in [5.74, 6) is -0.544. The summed E-state index contributed by atoms with van der Waals surface area (Å²) in [6, 6.07) is 7.66. The molecule has 1 aromatic heterocycles. The summed E-state index contributed by atoms with van der Waals surface area (Å²) in [4.78, 5) is 36.0. The molecule has 23 heavy (non-hydrogen) atoms. The molecule has 0 aliphatic rings. The van der Waals surface area contributed by atoms with Crippen molar-refractivity contribution in [1.29, 1.82) is 0 Å². The van der Waals surface area contributed by atoms with Gasteiger partial charge in [0.15, 0.2) is 5.78 Å². The molecule has 0 saturated heterocycles. The number of methoxy groups -OCH3 is 1. The second-order valence-corrected chi connectivity index (χ2v) is 4.63. The van der Waals surface area contributed by atoms with E-state index in [1.165, 1.54) is 14.0 Å². The summed E-state index contributed by atoms with van der Waals surface area (Å²) in [5.41, 5.74) is -0.477. The number of hydrogen-bond donors (Lipinski definition) is 0. The van der Waals surface area contributed by atoms with Crippen LogP contribution in [0.3, 0.4) is 0 Å². The predicted molar refractivity (Wildman–Crippen MR) is 82.3 cm³/mol. The van der Waals surface area contributed by atoms with E-state index in [-0.39, 0.29) is 23.6 Å². The number of benzene rings is 1. The lowest BCUT2D eigenvalue weighted by Crippen LogP contribution is -2.30. The van der Waals surface area contributed by atoms with Gasteiger partial charge in [-0.05, 0) is 37.3 Å². The third kappa shape index (κ3) is 3.45. The molecule has 0 spiro atoms. The molecule has 0 amide bonds. The number of hydrogen-bond acceptors (Lipinski definition) is 6. The SMILES string of the molecule is CCOC(=O)c1cc(C(C)=O)nn(-c2ccc(OC)cc2)c1=O. The molecule has 0 unspecified atom stereocenters. The number of ether oxygens (including phenoxy) is 2. The lowest BCUT2D eigenvalue weighted by atomic mass is 10.2. The maximum Gasteiger partial charge on any atom is 0.343 e. The first kappa shape index (κ1) is 16.4. The van der Waals surface area contributed by atoms with Crippen molar-refractivity contribution in [2.24, 2.45) is 0 Å². The molecular weight excluding hydrogens is 300 g/mol. The van der Waals surface area contributed by atoms with Gasteiger partial charge in [0, 0.05) is 6.92 Å². The van der Waals surface area contributed by atoms with E-state index < -0.39 is 11.5 Å². The summed E-state index contributed by atoms with van der Waals surface area (Å²) in [5, 5.41) is 4.01. The van der Waals surface area contributed by atoms with Crippen molar-refractivity contribution in [3.8, 4) is 11.4 Å². The van der Waals surface area contributed by atoms with E-state index in [4.69, 9.17) is 9.47 Å². The number of esters is 1. The van der Waals surface area contributed by atoms with Crippen LogP contribution in [0.2, 0.25) is 0 Å². The predicted octanol–water partition coefficient (Wildman–Crippen LogP) is 1.62.